The smallest absolute Gasteiger partial charge is 0.187 e. The maximum Gasteiger partial charge on any atom is 0.187 e. The predicted octanol–water partition coefficient (Wildman–Crippen LogP) is 1.02. The molecule has 2 bridgehead atoms. The summed E-state index contributed by atoms with van der Waals surface area (Å²) >= 11 is 0. The molecule has 108 valence electrons. The molecule has 2 saturated heterocycles. The fourth-order valence-electron chi connectivity index (χ4n) is 2.31. The van der Waals surface area contributed by atoms with Crippen LogP contribution >= 0.6 is 0 Å². The molecule has 5 nitrogen and oxygen atoms in total. The lowest BCUT2D eigenvalue weighted by molar-refractivity contribution is -0.250. The van der Waals surface area contributed by atoms with Crippen molar-refractivity contribution >= 4 is 0 Å². The average molecular weight is 270 g/mol. The van der Waals surface area contributed by atoms with Crippen molar-refractivity contribution in [1.82, 2.24) is 0 Å². The summed E-state index contributed by atoms with van der Waals surface area (Å²) in [4.78, 5) is 0. The van der Waals surface area contributed by atoms with Crippen LogP contribution in [0.15, 0.2) is 25.3 Å². The van der Waals surface area contributed by atoms with Crippen LogP contribution in [0.4, 0.5) is 0 Å². The normalized spacial score (nSPS) is 37.2. The first-order valence-corrected chi connectivity index (χ1v) is 6.68. The molecule has 0 aliphatic carbocycles. The Morgan fingerprint density at radius 3 is 2.37 bits per heavy atom. The standard InChI is InChI=1S/C14H22O5/c1-3-5-7-16-12-10-9-18-14(19-10)13(11(12)15)17-8-6-4-2/h3-4,10-15H,1-2,5-9H2. The zero-order chi connectivity index (χ0) is 13.7. The average Bonchev–Trinajstić information content (AvgIpc) is 2.84. The third-order valence-electron chi connectivity index (χ3n) is 3.31. The number of aliphatic hydroxyl groups is 1. The van der Waals surface area contributed by atoms with Crippen LogP contribution in [-0.4, -0.2) is 55.6 Å². The second-order valence-electron chi connectivity index (χ2n) is 4.69. The first-order valence-electron chi connectivity index (χ1n) is 6.68. The van der Waals surface area contributed by atoms with Crippen molar-refractivity contribution in [3.63, 3.8) is 0 Å². The van der Waals surface area contributed by atoms with Crippen molar-refractivity contribution < 1.29 is 24.1 Å². The van der Waals surface area contributed by atoms with Gasteiger partial charge in [-0.15, -0.1) is 13.2 Å². The number of rotatable bonds is 8. The minimum absolute atomic E-state index is 0.218. The van der Waals surface area contributed by atoms with Crippen LogP contribution in [0.2, 0.25) is 0 Å². The molecule has 2 aliphatic rings. The molecule has 0 amide bonds. The van der Waals surface area contributed by atoms with Crippen LogP contribution in [0.1, 0.15) is 12.8 Å². The SMILES string of the molecule is C=CCCOC1C2COC(O2)C(OCCC=C)C1O. The van der Waals surface area contributed by atoms with E-state index in [0.717, 1.165) is 12.8 Å². The minimum atomic E-state index is -0.735. The number of hydrogen-bond acceptors (Lipinski definition) is 5. The van der Waals surface area contributed by atoms with Crippen LogP contribution in [0.5, 0.6) is 0 Å². The van der Waals surface area contributed by atoms with E-state index in [1.54, 1.807) is 12.2 Å². The quantitative estimate of drug-likeness (QED) is 0.527. The molecular weight excluding hydrogens is 248 g/mol. The van der Waals surface area contributed by atoms with Crippen molar-refractivity contribution in [2.24, 2.45) is 0 Å². The maximum atomic E-state index is 10.3. The van der Waals surface area contributed by atoms with Gasteiger partial charge in [0.2, 0.25) is 0 Å². The van der Waals surface area contributed by atoms with Crippen molar-refractivity contribution in [2.75, 3.05) is 19.8 Å². The largest absolute Gasteiger partial charge is 0.387 e. The van der Waals surface area contributed by atoms with Gasteiger partial charge in [0.05, 0.1) is 19.8 Å². The Balaban J connectivity index is 1.91. The first kappa shape index (κ1) is 14.7. The van der Waals surface area contributed by atoms with E-state index in [9.17, 15) is 5.11 Å². The van der Waals surface area contributed by atoms with E-state index < -0.39 is 24.6 Å². The summed E-state index contributed by atoms with van der Waals surface area (Å²) in [7, 11) is 0. The highest BCUT2D eigenvalue weighted by molar-refractivity contribution is 4.95. The molecule has 0 radical (unpaired) electrons. The van der Waals surface area contributed by atoms with Gasteiger partial charge < -0.3 is 24.1 Å². The number of aliphatic hydroxyl groups excluding tert-OH is 1. The molecule has 2 fully saturated rings. The van der Waals surface area contributed by atoms with Gasteiger partial charge in [-0.3, -0.25) is 0 Å². The maximum absolute atomic E-state index is 10.3. The third-order valence-corrected chi connectivity index (χ3v) is 3.31. The molecule has 2 heterocycles. The van der Waals surface area contributed by atoms with E-state index in [-0.39, 0.29) is 6.10 Å². The predicted molar refractivity (Wildman–Crippen MR) is 69.7 cm³/mol. The van der Waals surface area contributed by atoms with Crippen LogP contribution in [0.3, 0.4) is 0 Å². The summed E-state index contributed by atoms with van der Waals surface area (Å²) in [6.07, 6.45) is 2.65. The van der Waals surface area contributed by atoms with Gasteiger partial charge >= 0.3 is 0 Å². The monoisotopic (exact) mass is 270 g/mol. The van der Waals surface area contributed by atoms with E-state index in [1.807, 2.05) is 0 Å². The van der Waals surface area contributed by atoms with Crippen LogP contribution in [0.25, 0.3) is 0 Å². The molecule has 0 saturated carbocycles. The van der Waals surface area contributed by atoms with Gasteiger partial charge in [0, 0.05) is 0 Å². The van der Waals surface area contributed by atoms with Gasteiger partial charge in [-0.1, -0.05) is 12.2 Å². The van der Waals surface area contributed by atoms with Gasteiger partial charge in [-0.25, -0.2) is 0 Å². The molecule has 1 N–H and O–H groups in total. The van der Waals surface area contributed by atoms with Crippen LogP contribution in [-0.2, 0) is 18.9 Å². The van der Waals surface area contributed by atoms with Crippen LogP contribution in [0, 0.1) is 0 Å². The van der Waals surface area contributed by atoms with Gasteiger partial charge in [0.15, 0.2) is 6.29 Å². The molecule has 0 spiro atoms. The van der Waals surface area contributed by atoms with E-state index in [1.165, 1.54) is 0 Å². The fourth-order valence-corrected chi connectivity index (χ4v) is 2.31. The van der Waals surface area contributed by atoms with E-state index in [0.29, 0.717) is 19.8 Å². The van der Waals surface area contributed by atoms with Gasteiger partial charge in [0.25, 0.3) is 0 Å². The molecule has 5 heteroatoms. The Labute approximate surface area is 113 Å². The van der Waals surface area contributed by atoms with Crippen molar-refractivity contribution in [2.45, 2.75) is 43.5 Å². The van der Waals surface area contributed by atoms with Crippen LogP contribution < -0.4 is 0 Å². The molecule has 0 aromatic rings. The van der Waals surface area contributed by atoms with Gasteiger partial charge in [0.1, 0.15) is 24.4 Å². The Hall–Kier alpha value is -0.720. The molecule has 19 heavy (non-hydrogen) atoms. The van der Waals surface area contributed by atoms with Gasteiger partial charge in [-0.05, 0) is 12.8 Å². The number of ether oxygens (including phenoxy) is 4. The summed E-state index contributed by atoms with van der Waals surface area (Å²) in [6, 6.07) is 0. The van der Waals surface area contributed by atoms with Crippen molar-refractivity contribution in [3.8, 4) is 0 Å². The Morgan fingerprint density at radius 2 is 1.74 bits per heavy atom. The Morgan fingerprint density at radius 1 is 1.11 bits per heavy atom. The summed E-state index contributed by atoms with van der Waals surface area (Å²) in [5.41, 5.74) is 0. The number of fused-ring (bicyclic) bond motifs is 2. The minimum Gasteiger partial charge on any atom is -0.387 e. The zero-order valence-electron chi connectivity index (χ0n) is 11.1. The zero-order valence-corrected chi connectivity index (χ0v) is 11.1. The molecule has 2 rings (SSSR count). The highest BCUT2D eigenvalue weighted by Crippen LogP contribution is 2.31. The summed E-state index contributed by atoms with van der Waals surface area (Å²) in [5, 5.41) is 10.3. The lowest BCUT2D eigenvalue weighted by Gasteiger charge is -2.37. The fraction of sp³-hybridized carbons (Fsp3) is 0.714. The molecule has 0 aromatic carbocycles. The molecule has 0 aromatic heterocycles. The lowest BCUT2D eigenvalue weighted by atomic mass is 10.0. The second-order valence-corrected chi connectivity index (χ2v) is 4.69. The highest BCUT2D eigenvalue weighted by Gasteiger charge is 2.51. The Kier molecular flexibility index (Phi) is 5.54. The summed E-state index contributed by atoms with van der Waals surface area (Å²) in [5.74, 6) is 0. The lowest BCUT2D eigenvalue weighted by Crippen LogP contribution is -2.56. The molecule has 5 atom stereocenters. The second kappa shape index (κ2) is 7.17. The number of hydrogen-bond donors (Lipinski definition) is 1. The first-order chi connectivity index (χ1) is 9.27. The van der Waals surface area contributed by atoms with E-state index in [2.05, 4.69) is 13.2 Å². The highest BCUT2D eigenvalue weighted by atomic mass is 16.8. The van der Waals surface area contributed by atoms with Crippen molar-refractivity contribution in [1.29, 1.82) is 0 Å². The Bertz CT molecular complexity index is 278. The molecule has 2 aliphatic heterocycles. The van der Waals surface area contributed by atoms with Gasteiger partial charge in [-0.2, -0.15) is 0 Å². The topological polar surface area (TPSA) is 57.2 Å². The molecule has 5 unspecified atom stereocenters. The third kappa shape index (κ3) is 3.43. The molecular formula is C14H22O5. The summed E-state index contributed by atoms with van der Waals surface area (Å²) in [6.45, 7) is 8.70. The van der Waals surface area contributed by atoms with E-state index in [4.69, 9.17) is 18.9 Å². The summed E-state index contributed by atoms with van der Waals surface area (Å²) < 4.78 is 22.5. The van der Waals surface area contributed by atoms with Crippen molar-refractivity contribution in [3.05, 3.63) is 25.3 Å². The van der Waals surface area contributed by atoms with E-state index >= 15 is 0 Å².